The van der Waals surface area contributed by atoms with Crippen molar-refractivity contribution in [1.82, 2.24) is 4.90 Å². The van der Waals surface area contributed by atoms with Crippen LogP contribution < -0.4 is 0 Å². The van der Waals surface area contributed by atoms with E-state index in [1.807, 2.05) is 6.92 Å². The standard InChI is InChI=1S/C13H15ClFNO/c1-9-4-5-10(15)7-12(9)13(17)16-6-2-3-11(16)8-14/h4-5,7,11H,2-3,6,8H2,1H3. The van der Waals surface area contributed by atoms with E-state index in [9.17, 15) is 9.18 Å². The minimum Gasteiger partial charge on any atom is -0.334 e. The molecule has 1 amide bonds. The third-order valence-corrected chi connectivity index (χ3v) is 3.60. The lowest BCUT2D eigenvalue weighted by Crippen LogP contribution is -2.36. The zero-order chi connectivity index (χ0) is 12.4. The molecule has 0 aromatic heterocycles. The number of nitrogens with zero attached hydrogens (tertiary/aromatic N) is 1. The van der Waals surface area contributed by atoms with Crippen molar-refractivity contribution >= 4 is 17.5 Å². The number of rotatable bonds is 2. The van der Waals surface area contributed by atoms with Crippen molar-refractivity contribution in [2.75, 3.05) is 12.4 Å². The van der Waals surface area contributed by atoms with Crippen molar-refractivity contribution in [2.24, 2.45) is 0 Å². The Labute approximate surface area is 105 Å². The van der Waals surface area contributed by atoms with Gasteiger partial charge in [0.1, 0.15) is 5.82 Å². The molecule has 1 atom stereocenters. The summed E-state index contributed by atoms with van der Waals surface area (Å²) in [5.41, 5.74) is 1.25. The molecule has 4 heteroatoms. The second kappa shape index (κ2) is 5.05. The van der Waals surface area contributed by atoms with E-state index in [1.54, 1.807) is 11.0 Å². The quantitative estimate of drug-likeness (QED) is 0.744. The van der Waals surface area contributed by atoms with Gasteiger partial charge in [-0.1, -0.05) is 6.07 Å². The van der Waals surface area contributed by atoms with Crippen molar-refractivity contribution in [3.05, 3.63) is 35.1 Å². The molecule has 2 nitrogen and oxygen atoms in total. The van der Waals surface area contributed by atoms with Crippen LogP contribution in [0.25, 0.3) is 0 Å². The van der Waals surface area contributed by atoms with Gasteiger partial charge in [-0.05, 0) is 37.5 Å². The van der Waals surface area contributed by atoms with E-state index in [-0.39, 0.29) is 17.8 Å². The van der Waals surface area contributed by atoms with E-state index in [0.29, 0.717) is 18.0 Å². The van der Waals surface area contributed by atoms with Crippen LogP contribution in [0.15, 0.2) is 18.2 Å². The van der Waals surface area contributed by atoms with Crippen molar-refractivity contribution in [2.45, 2.75) is 25.8 Å². The maximum atomic E-state index is 13.2. The van der Waals surface area contributed by atoms with E-state index >= 15 is 0 Å². The summed E-state index contributed by atoms with van der Waals surface area (Å²) in [7, 11) is 0. The van der Waals surface area contributed by atoms with Crippen LogP contribution in [-0.4, -0.2) is 29.3 Å². The van der Waals surface area contributed by atoms with Crippen LogP contribution in [0, 0.1) is 12.7 Å². The van der Waals surface area contributed by atoms with Gasteiger partial charge in [0.15, 0.2) is 0 Å². The predicted molar refractivity (Wildman–Crippen MR) is 65.9 cm³/mol. The first-order valence-electron chi connectivity index (χ1n) is 5.76. The van der Waals surface area contributed by atoms with Gasteiger partial charge in [-0.3, -0.25) is 4.79 Å². The first kappa shape index (κ1) is 12.4. The summed E-state index contributed by atoms with van der Waals surface area (Å²) >= 11 is 5.84. The number of alkyl halides is 1. The zero-order valence-electron chi connectivity index (χ0n) is 9.75. The molecule has 1 aromatic carbocycles. The van der Waals surface area contributed by atoms with Gasteiger partial charge in [-0.25, -0.2) is 4.39 Å². The molecule has 1 fully saturated rings. The van der Waals surface area contributed by atoms with Crippen LogP contribution in [-0.2, 0) is 0 Å². The van der Waals surface area contributed by atoms with E-state index < -0.39 is 0 Å². The Morgan fingerprint density at radius 1 is 1.59 bits per heavy atom. The highest BCUT2D eigenvalue weighted by atomic mass is 35.5. The molecule has 0 saturated carbocycles. The van der Waals surface area contributed by atoms with Crippen molar-refractivity contribution in [3.63, 3.8) is 0 Å². The van der Waals surface area contributed by atoms with Crippen LogP contribution in [0.3, 0.4) is 0 Å². The molecule has 0 radical (unpaired) electrons. The number of likely N-dealkylation sites (tertiary alicyclic amines) is 1. The highest BCUT2D eigenvalue weighted by Crippen LogP contribution is 2.22. The van der Waals surface area contributed by atoms with Crippen LogP contribution in [0.5, 0.6) is 0 Å². The monoisotopic (exact) mass is 255 g/mol. The second-order valence-electron chi connectivity index (χ2n) is 4.41. The largest absolute Gasteiger partial charge is 0.334 e. The smallest absolute Gasteiger partial charge is 0.254 e. The summed E-state index contributed by atoms with van der Waals surface area (Å²) in [5, 5.41) is 0. The lowest BCUT2D eigenvalue weighted by Gasteiger charge is -2.23. The molecule has 0 bridgehead atoms. The second-order valence-corrected chi connectivity index (χ2v) is 4.72. The summed E-state index contributed by atoms with van der Waals surface area (Å²) in [6.45, 7) is 2.53. The molecule has 1 heterocycles. The molecule has 1 aromatic rings. The lowest BCUT2D eigenvalue weighted by atomic mass is 10.1. The Morgan fingerprint density at radius 3 is 3.06 bits per heavy atom. The maximum absolute atomic E-state index is 13.2. The van der Waals surface area contributed by atoms with Crippen molar-refractivity contribution in [3.8, 4) is 0 Å². The summed E-state index contributed by atoms with van der Waals surface area (Å²) in [6.07, 6.45) is 1.90. The van der Waals surface area contributed by atoms with Gasteiger partial charge >= 0.3 is 0 Å². The first-order chi connectivity index (χ1) is 8.13. The zero-order valence-corrected chi connectivity index (χ0v) is 10.5. The number of hydrogen-bond acceptors (Lipinski definition) is 1. The maximum Gasteiger partial charge on any atom is 0.254 e. The molecule has 0 N–H and O–H groups in total. The minimum atomic E-state index is -0.374. The molecule has 1 saturated heterocycles. The Hall–Kier alpha value is -1.09. The molecular weight excluding hydrogens is 241 g/mol. The molecule has 0 aliphatic carbocycles. The van der Waals surface area contributed by atoms with Crippen LogP contribution in [0.4, 0.5) is 4.39 Å². The van der Waals surface area contributed by atoms with E-state index in [0.717, 1.165) is 18.4 Å². The number of halogens is 2. The fourth-order valence-corrected chi connectivity index (χ4v) is 2.56. The van der Waals surface area contributed by atoms with E-state index in [2.05, 4.69) is 0 Å². The number of benzene rings is 1. The van der Waals surface area contributed by atoms with Crippen LogP contribution in [0.2, 0.25) is 0 Å². The number of carbonyl (C=O) groups excluding carboxylic acids is 1. The average Bonchev–Trinajstić information content (AvgIpc) is 2.79. The number of amides is 1. The summed E-state index contributed by atoms with van der Waals surface area (Å²) in [5.74, 6) is -0.0363. The SMILES string of the molecule is Cc1ccc(F)cc1C(=O)N1CCCC1CCl. The minimum absolute atomic E-state index is 0.0897. The summed E-state index contributed by atoms with van der Waals surface area (Å²) < 4.78 is 13.2. The lowest BCUT2D eigenvalue weighted by molar-refractivity contribution is 0.0748. The predicted octanol–water partition coefficient (Wildman–Crippen LogP) is 2.98. The van der Waals surface area contributed by atoms with Crippen LogP contribution in [0.1, 0.15) is 28.8 Å². The Morgan fingerprint density at radius 2 is 2.35 bits per heavy atom. The van der Waals surface area contributed by atoms with Gasteiger partial charge in [0, 0.05) is 24.0 Å². The normalized spacial score (nSPS) is 19.7. The molecule has 17 heavy (non-hydrogen) atoms. The third kappa shape index (κ3) is 2.44. The molecule has 2 rings (SSSR count). The Kier molecular flexibility index (Phi) is 3.67. The third-order valence-electron chi connectivity index (χ3n) is 3.25. The average molecular weight is 256 g/mol. The van der Waals surface area contributed by atoms with Gasteiger partial charge in [-0.2, -0.15) is 0 Å². The summed E-state index contributed by atoms with van der Waals surface area (Å²) in [4.78, 5) is 14.0. The number of carbonyl (C=O) groups is 1. The van der Waals surface area contributed by atoms with Crippen LogP contribution >= 0.6 is 11.6 Å². The fourth-order valence-electron chi connectivity index (χ4n) is 2.24. The topological polar surface area (TPSA) is 20.3 Å². The van der Waals surface area contributed by atoms with Crippen molar-refractivity contribution in [1.29, 1.82) is 0 Å². The Bertz CT molecular complexity index is 435. The molecular formula is C13H15ClFNO. The summed E-state index contributed by atoms with van der Waals surface area (Å²) in [6, 6.07) is 4.40. The Balaban J connectivity index is 2.27. The van der Waals surface area contributed by atoms with Crippen molar-refractivity contribution < 1.29 is 9.18 Å². The van der Waals surface area contributed by atoms with E-state index in [1.165, 1.54) is 12.1 Å². The van der Waals surface area contributed by atoms with Gasteiger partial charge in [-0.15, -0.1) is 11.6 Å². The van der Waals surface area contributed by atoms with Gasteiger partial charge < -0.3 is 4.90 Å². The molecule has 0 spiro atoms. The fraction of sp³-hybridized carbons (Fsp3) is 0.462. The first-order valence-corrected chi connectivity index (χ1v) is 6.30. The van der Waals surface area contributed by atoms with Gasteiger partial charge in [0.25, 0.3) is 5.91 Å². The highest BCUT2D eigenvalue weighted by Gasteiger charge is 2.29. The van der Waals surface area contributed by atoms with Gasteiger partial charge in [0.2, 0.25) is 0 Å². The number of hydrogen-bond donors (Lipinski definition) is 0. The number of aryl methyl sites for hydroxylation is 1. The molecule has 92 valence electrons. The highest BCUT2D eigenvalue weighted by molar-refractivity contribution is 6.18. The van der Waals surface area contributed by atoms with Gasteiger partial charge in [0.05, 0.1) is 0 Å². The van der Waals surface area contributed by atoms with E-state index in [4.69, 9.17) is 11.6 Å². The molecule has 1 unspecified atom stereocenters. The molecule has 1 aliphatic rings. The molecule has 1 aliphatic heterocycles.